The van der Waals surface area contributed by atoms with Crippen LogP contribution in [0.4, 0.5) is 0 Å². The maximum Gasteiger partial charge on any atom is 0.338 e. The molecule has 192 valence electrons. The number of esters is 2. The molecule has 1 atom stereocenters. The number of aromatic nitrogens is 1. The zero-order valence-corrected chi connectivity index (χ0v) is 23.0. The normalized spacial score (nSPS) is 15.2. The lowest BCUT2D eigenvalue weighted by atomic mass is 9.95. The summed E-state index contributed by atoms with van der Waals surface area (Å²) < 4.78 is 18.6. The molecule has 0 amide bonds. The van der Waals surface area contributed by atoms with Crippen LogP contribution in [0.2, 0.25) is 0 Å². The number of carbonyl (C=O) groups is 2. The van der Waals surface area contributed by atoms with Crippen molar-refractivity contribution in [3.8, 4) is 11.3 Å². The van der Waals surface area contributed by atoms with E-state index in [1.807, 2.05) is 30.3 Å². The van der Waals surface area contributed by atoms with E-state index in [2.05, 4.69) is 20.9 Å². The van der Waals surface area contributed by atoms with Crippen molar-refractivity contribution in [1.82, 2.24) is 4.57 Å². The Labute approximate surface area is 229 Å². The Kier molecular flexibility index (Phi) is 7.00. The molecular weight excluding hydrogens is 572 g/mol. The van der Waals surface area contributed by atoms with Crippen LogP contribution in [0, 0.1) is 0 Å². The second-order valence-corrected chi connectivity index (χ2v) is 10.3. The summed E-state index contributed by atoms with van der Waals surface area (Å²) in [5, 5.41) is 0. The molecule has 10 heteroatoms. The Morgan fingerprint density at radius 1 is 1.00 bits per heavy atom. The van der Waals surface area contributed by atoms with Crippen LogP contribution in [-0.4, -0.2) is 30.7 Å². The van der Waals surface area contributed by atoms with Gasteiger partial charge in [-0.25, -0.2) is 14.6 Å². The molecule has 2 aromatic carbocycles. The molecule has 0 saturated heterocycles. The molecule has 3 heterocycles. The number of furan rings is 1. The van der Waals surface area contributed by atoms with Crippen LogP contribution in [-0.2, 0) is 14.3 Å². The standard InChI is InChI=1S/C28H21BrN2O6S/c1-15-23(27(34)36-3)24(17-4-6-18(7-5-17)26(33)35-2)31-25(32)22(38-28(31)30-15)14-20-12-13-21(37-20)16-8-10-19(29)11-9-16/h4-14,24H,1-3H3. The minimum absolute atomic E-state index is 0.243. The van der Waals surface area contributed by atoms with E-state index in [1.54, 1.807) is 43.3 Å². The molecular formula is C28H21BrN2O6S. The number of rotatable bonds is 5. The summed E-state index contributed by atoms with van der Waals surface area (Å²) in [7, 11) is 2.58. The van der Waals surface area contributed by atoms with Gasteiger partial charge in [-0.05, 0) is 48.9 Å². The van der Waals surface area contributed by atoms with E-state index in [1.165, 1.54) is 30.1 Å². The molecule has 1 aliphatic heterocycles. The smallest absolute Gasteiger partial charge is 0.338 e. The highest BCUT2D eigenvalue weighted by Crippen LogP contribution is 2.31. The number of hydrogen-bond donors (Lipinski definition) is 0. The number of allylic oxidation sites excluding steroid dienone is 1. The quantitative estimate of drug-likeness (QED) is 0.322. The van der Waals surface area contributed by atoms with E-state index in [0.717, 1.165) is 10.0 Å². The molecule has 2 aromatic heterocycles. The Hall–Kier alpha value is -4.02. The first-order valence-electron chi connectivity index (χ1n) is 11.5. The third kappa shape index (κ3) is 4.68. The third-order valence-corrected chi connectivity index (χ3v) is 7.61. The number of ether oxygens (including phenoxy) is 2. The van der Waals surface area contributed by atoms with Crippen molar-refractivity contribution in [2.75, 3.05) is 14.2 Å². The number of fused-ring (bicyclic) bond motifs is 1. The monoisotopic (exact) mass is 592 g/mol. The molecule has 38 heavy (non-hydrogen) atoms. The summed E-state index contributed by atoms with van der Waals surface area (Å²) in [5.41, 5.74) is 2.24. The fourth-order valence-electron chi connectivity index (χ4n) is 4.26. The first-order chi connectivity index (χ1) is 18.3. The molecule has 0 bridgehead atoms. The third-order valence-electron chi connectivity index (χ3n) is 6.10. The number of thiazole rings is 1. The first kappa shape index (κ1) is 25.6. The second kappa shape index (κ2) is 10.4. The summed E-state index contributed by atoms with van der Waals surface area (Å²) in [5.74, 6) is 0.106. The van der Waals surface area contributed by atoms with Gasteiger partial charge in [-0.3, -0.25) is 9.36 Å². The average Bonchev–Trinajstić information content (AvgIpc) is 3.51. The molecule has 0 N–H and O–H groups in total. The lowest BCUT2D eigenvalue weighted by molar-refractivity contribution is -0.136. The van der Waals surface area contributed by atoms with E-state index in [-0.39, 0.29) is 11.1 Å². The second-order valence-electron chi connectivity index (χ2n) is 8.40. The summed E-state index contributed by atoms with van der Waals surface area (Å²) >= 11 is 4.63. The van der Waals surface area contributed by atoms with Gasteiger partial charge in [0.25, 0.3) is 5.56 Å². The summed E-state index contributed by atoms with van der Waals surface area (Å²) in [6.45, 7) is 1.70. The van der Waals surface area contributed by atoms with Gasteiger partial charge in [0.15, 0.2) is 4.80 Å². The van der Waals surface area contributed by atoms with Gasteiger partial charge in [0, 0.05) is 16.1 Å². The van der Waals surface area contributed by atoms with Gasteiger partial charge in [0.05, 0.1) is 41.6 Å². The number of halogens is 1. The van der Waals surface area contributed by atoms with Crippen molar-refractivity contribution in [3.05, 3.63) is 113 Å². The lowest BCUT2D eigenvalue weighted by Gasteiger charge is -2.24. The van der Waals surface area contributed by atoms with Crippen LogP contribution in [0.25, 0.3) is 17.4 Å². The van der Waals surface area contributed by atoms with Gasteiger partial charge in [0.2, 0.25) is 0 Å². The molecule has 1 unspecified atom stereocenters. The summed E-state index contributed by atoms with van der Waals surface area (Å²) in [6.07, 6.45) is 1.67. The lowest BCUT2D eigenvalue weighted by Crippen LogP contribution is -2.39. The predicted molar refractivity (Wildman–Crippen MR) is 145 cm³/mol. The number of hydrogen-bond acceptors (Lipinski definition) is 8. The number of benzene rings is 2. The molecule has 0 radical (unpaired) electrons. The Morgan fingerprint density at radius 2 is 1.68 bits per heavy atom. The van der Waals surface area contributed by atoms with Crippen LogP contribution in [0.15, 0.2) is 90.6 Å². The maximum absolute atomic E-state index is 13.7. The van der Waals surface area contributed by atoms with Crippen molar-refractivity contribution >= 4 is 45.3 Å². The van der Waals surface area contributed by atoms with Gasteiger partial charge in [-0.15, -0.1) is 0 Å². The Morgan fingerprint density at radius 3 is 2.34 bits per heavy atom. The van der Waals surface area contributed by atoms with E-state index in [9.17, 15) is 14.4 Å². The van der Waals surface area contributed by atoms with E-state index < -0.39 is 18.0 Å². The van der Waals surface area contributed by atoms with E-state index in [4.69, 9.17) is 13.9 Å². The van der Waals surface area contributed by atoms with Crippen molar-refractivity contribution in [2.45, 2.75) is 13.0 Å². The molecule has 4 aromatic rings. The van der Waals surface area contributed by atoms with Crippen LogP contribution in [0.1, 0.15) is 34.6 Å². The fraction of sp³-hybridized carbons (Fsp3) is 0.143. The number of methoxy groups -OCH3 is 2. The summed E-state index contributed by atoms with van der Waals surface area (Å²) in [4.78, 5) is 43.4. The highest BCUT2D eigenvalue weighted by molar-refractivity contribution is 9.10. The van der Waals surface area contributed by atoms with E-state index >= 15 is 0 Å². The molecule has 0 aliphatic carbocycles. The molecule has 0 spiro atoms. The van der Waals surface area contributed by atoms with Crippen LogP contribution >= 0.6 is 27.3 Å². The van der Waals surface area contributed by atoms with Gasteiger partial charge in [0.1, 0.15) is 11.5 Å². The zero-order valence-electron chi connectivity index (χ0n) is 20.6. The first-order valence-corrected chi connectivity index (χ1v) is 13.1. The summed E-state index contributed by atoms with van der Waals surface area (Å²) in [6, 6.07) is 17.1. The van der Waals surface area contributed by atoms with Gasteiger partial charge >= 0.3 is 11.9 Å². The van der Waals surface area contributed by atoms with Crippen molar-refractivity contribution in [3.63, 3.8) is 0 Å². The van der Waals surface area contributed by atoms with Crippen molar-refractivity contribution in [1.29, 1.82) is 0 Å². The zero-order chi connectivity index (χ0) is 27.0. The van der Waals surface area contributed by atoms with Crippen LogP contribution in [0.5, 0.6) is 0 Å². The SMILES string of the molecule is COC(=O)C1=C(C)N=c2sc(=Cc3ccc(-c4ccc(Br)cc4)o3)c(=O)n2C1c1ccc(C(=O)OC)cc1. The van der Waals surface area contributed by atoms with Gasteiger partial charge in [-0.2, -0.15) is 0 Å². The number of nitrogens with zero attached hydrogens (tertiary/aromatic N) is 2. The highest BCUT2D eigenvalue weighted by Gasteiger charge is 2.33. The Bertz CT molecular complexity index is 1760. The molecule has 8 nitrogen and oxygen atoms in total. The largest absolute Gasteiger partial charge is 0.466 e. The minimum atomic E-state index is -0.789. The highest BCUT2D eigenvalue weighted by atomic mass is 79.9. The van der Waals surface area contributed by atoms with E-state index in [0.29, 0.717) is 37.7 Å². The Balaban J connectivity index is 1.62. The van der Waals surface area contributed by atoms with Gasteiger partial charge < -0.3 is 13.9 Å². The van der Waals surface area contributed by atoms with Crippen molar-refractivity contribution < 1.29 is 23.5 Å². The van der Waals surface area contributed by atoms with Crippen LogP contribution < -0.4 is 14.9 Å². The van der Waals surface area contributed by atoms with Crippen molar-refractivity contribution in [2.24, 2.45) is 4.99 Å². The molecule has 0 fully saturated rings. The topological polar surface area (TPSA) is 100 Å². The van der Waals surface area contributed by atoms with Crippen LogP contribution in [0.3, 0.4) is 0 Å². The number of carbonyl (C=O) groups excluding carboxylic acids is 2. The minimum Gasteiger partial charge on any atom is -0.466 e. The molecule has 0 saturated carbocycles. The van der Waals surface area contributed by atoms with Gasteiger partial charge in [-0.1, -0.05) is 51.5 Å². The fourth-order valence-corrected chi connectivity index (χ4v) is 5.55. The maximum atomic E-state index is 13.7. The molecule has 1 aliphatic rings. The molecule has 5 rings (SSSR count). The predicted octanol–water partition coefficient (Wildman–Crippen LogP) is 4.22. The average molecular weight is 593 g/mol.